The molecule has 0 saturated heterocycles. The van der Waals surface area contributed by atoms with E-state index in [9.17, 15) is 4.79 Å². The lowest BCUT2D eigenvalue weighted by Crippen LogP contribution is -1.94. The summed E-state index contributed by atoms with van der Waals surface area (Å²) in [4.78, 5) is 15.3. The molecule has 1 rings (SSSR count). The Morgan fingerprint density at radius 2 is 2.40 bits per heavy atom. The van der Waals surface area contributed by atoms with Crippen molar-refractivity contribution < 1.29 is 14.6 Å². The average Bonchev–Trinajstić information content (AvgIpc) is 2.55. The third-order valence-corrected chi connectivity index (χ3v) is 4.06. The minimum absolute atomic E-state index is 0.337. The van der Waals surface area contributed by atoms with Crippen LogP contribution in [0.25, 0.3) is 0 Å². The molecule has 0 amide bonds. The van der Waals surface area contributed by atoms with Crippen molar-refractivity contribution in [2.75, 3.05) is 19.5 Å². The highest BCUT2D eigenvalue weighted by molar-refractivity contribution is 8.01. The lowest BCUT2D eigenvalue weighted by molar-refractivity contribution is 0.0701. The topological polar surface area (TPSA) is 59.4 Å². The number of hydrogen-bond donors (Lipinski definition) is 1. The van der Waals surface area contributed by atoms with Gasteiger partial charge in [-0.15, -0.1) is 11.3 Å². The van der Waals surface area contributed by atoms with E-state index in [1.54, 1.807) is 25.8 Å². The molecule has 0 fully saturated rings. The summed E-state index contributed by atoms with van der Waals surface area (Å²) in [7, 11) is 1.67. The Kier molecular flexibility index (Phi) is 5.07. The van der Waals surface area contributed by atoms with Crippen molar-refractivity contribution in [1.29, 1.82) is 0 Å². The number of rotatable bonds is 6. The first-order valence-corrected chi connectivity index (χ1v) is 6.28. The van der Waals surface area contributed by atoms with Crippen molar-refractivity contribution in [2.24, 2.45) is 0 Å². The van der Waals surface area contributed by atoms with Crippen molar-refractivity contribution in [3.05, 3.63) is 10.6 Å². The molecule has 84 valence electrons. The van der Waals surface area contributed by atoms with E-state index in [4.69, 9.17) is 9.84 Å². The highest BCUT2D eigenvalue weighted by Crippen LogP contribution is 2.27. The van der Waals surface area contributed by atoms with Gasteiger partial charge < -0.3 is 9.84 Å². The van der Waals surface area contributed by atoms with Crippen LogP contribution in [0, 0.1) is 6.92 Å². The lowest BCUT2D eigenvalue weighted by atomic mass is 10.4. The predicted molar refractivity (Wildman–Crippen MR) is 61.0 cm³/mol. The minimum atomic E-state index is -0.895. The maximum Gasteiger partial charge on any atom is 0.347 e. The van der Waals surface area contributed by atoms with Crippen LogP contribution in [-0.4, -0.2) is 35.5 Å². The van der Waals surface area contributed by atoms with E-state index in [1.807, 2.05) is 0 Å². The molecular weight excluding hydrogens is 234 g/mol. The summed E-state index contributed by atoms with van der Waals surface area (Å²) in [5.41, 5.74) is 0.599. The van der Waals surface area contributed by atoms with Crippen LogP contribution in [0.3, 0.4) is 0 Å². The Bertz CT molecular complexity index is 338. The number of aryl methyl sites for hydroxylation is 1. The van der Waals surface area contributed by atoms with Gasteiger partial charge in [-0.05, 0) is 13.3 Å². The molecule has 15 heavy (non-hydrogen) atoms. The van der Waals surface area contributed by atoms with Gasteiger partial charge in [-0.1, -0.05) is 11.8 Å². The number of ether oxygens (including phenoxy) is 1. The molecule has 0 unspecified atom stereocenters. The number of methoxy groups -OCH3 is 1. The van der Waals surface area contributed by atoms with Gasteiger partial charge >= 0.3 is 5.97 Å². The van der Waals surface area contributed by atoms with Crippen LogP contribution < -0.4 is 0 Å². The molecular formula is C9H13NO3S2. The summed E-state index contributed by atoms with van der Waals surface area (Å²) in [5.74, 6) is 0.00795. The zero-order valence-electron chi connectivity index (χ0n) is 8.65. The standard InChI is InChI=1S/C9H13NO3S2/c1-6-7(8(11)12)15-9(10-6)14-5-3-4-13-2/h3-5H2,1-2H3,(H,11,12). The van der Waals surface area contributed by atoms with Gasteiger partial charge in [-0.2, -0.15) is 0 Å². The van der Waals surface area contributed by atoms with E-state index in [0.29, 0.717) is 10.6 Å². The van der Waals surface area contributed by atoms with Crippen molar-refractivity contribution in [3.8, 4) is 0 Å². The molecule has 1 N–H and O–H groups in total. The number of aromatic carboxylic acids is 1. The first-order valence-electron chi connectivity index (χ1n) is 4.47. The van der Waals surface area contributed by atoms with Crippen LogP contribution in [-0.2, 0) is 4.74 Å². The van der Waals surface area contributed by atoms with E-state index < -0.39 is 5.97 Å². The van der Waals surface area contributed by atoms with Crippen LogP contribution in [0.5, 0.6) is 0 Å². The Morgan fingerprint density at radius 3 is 2.93 bits per heavy atom. The zero-order valence-corrected chi connectivity index (χ0v) is 10.3. The molecule has 0 bridgehead atoms. The molecule has 6 heteroatoms. The molecule has 0 aliphatic heterocycles. The van der Waals surface area contributed by atoms with Gasteiger partial charge in [0.05, 0.1) is 5.69 Å². The Labute approximate surface area is 96.7 Å². The number of nitrogens with zero attached hydrogens (tertiary/aromatic N) is 1. The third-order valence-electron chi connectivity index (χ3n) is 1.69. The quantitative estimate of drug-likeness (QED) is 0.617. The van der Waals surface area contributed by atoms with Crippen molar-refractivity contribution >= 4 is 29.1 Å². The first kappa shape index (κ1) is 12.5. The van der Waals surface area contributed by atoms with E-state index >= 15 is 0 Å². The summed E-state index contributed by atoms with van der Waals surface area (Å²) >= 11 is 2.81. The molecule has 0 aliphatic carbocycles. The zero-order chi connectivity index (χ0) is 11.3. The van der Waals surface area contributed by atoms with Gasteiger partial charge in [-0.3, -0.25) is 0 Å². The lowest BCUT2D eigenvalue weighted by Gasteiger charge is -1.96. The number of carbonyl (C=O) groups is 1. The molecule has 0 aliphatic rings. The summed E-state index contributed by atoms with van der Waals surface area (Å²) in [5, 5.41) is 8.83. The highest BCUT2D eigenvalue weighted by atomic mass is 32.2. The summed E-state index contributed by atoms with van der Waals surface area (Å²) < 4.78 is 5.74. The summed E-state index contributed by atoms with van der Waals surface area (Å²) in [6.07, 6.45) is 0.947. The van der Waals surface area contributed by atoms with Crippen LogP contribution in [0.2, 0.25) is 0 Å². The third kappa shape index (κ3) is 3.81. The van der Waals surface area contributed by atoms with Gasteiger partial charge in [-0.25, -0.2) is 9.78 Å². The monoisotopic (exact) mass is 247 g/mol. The summed E-state index contributed by atoms with van der Waals surface area (Å²) in [6, 6.07) is 0. The average molecular weight is 247 g/mol. The molecule has 1 heterocycles. The van der Waals surface area contributed by atoms with Gasteiger partial charge in [0.1, 0.15) is 4.88 Å². The van der Waals surface area contributed by atoms with E-state index in [1.165, 1.54) is 11.3 Å². The second-order valence-corrected chi connectivity index (χ2v) is 5.24. The van der Waals surface area contributed by atoms with Crippen molar-refractivity contribution in [3.63, 3.8) is 0 Å². The maximum absolute atomic E-state index is 10.8. The van der Waals surface area contributed by atoms with E-state index in [0.717, 1.165) is 23.1 Å². The van der Waals surface area contributed by atoms with Crippen LogP contribution in [0.1, 0.15) is 21.8 Å². The molecule has 1 aromatic rings. The minimum Gasteiger partial charge on any atom is -0.477 e. The Morgan fingerprint density at radius 1 is 1.67 bits per heavy atom. The van der Waals surface area contributed by atoms with Crippen molar-refractivity contribution in [2.45, 2.75) is 17.7 Å². The number of aromatic nitrogens is 1. The van der Waals surface area contributed by atoms with Crippen LogP contribution >= 0.6 is 23.1 Å². The van der Waals surface area contributed by atoms with Gasteiger partial charge in [0.25, 0.3) is 0 Å². The fourth-order valence-electron chi connectivity index (χ4n) is 0.995. The number of carboxylic acid groups (broad SMARTS) is 1. The first-order chi connectivity index (χ1) is 7.15. The molecule has 1 aromatic heterocycles. The number of thiazole rings is 1. The van der Waals surface area contributed by atoms with Crippen LogP contribution in [0.4, 0.5) is 0 Å². The molecule has 0 radical (unpaired) electrons. The SMILES string of the molecule is COCCCSc1nc(C)c(C(=O)O)s1. The second-order valence-electron chi connectivity index (χ2n) is 2.89. The summed E-state index contributed by atoms with van der Waals surface area (Å²) in [6.45, 7) is 2.45. The largest absolute Gasteiger partial charge is 0.477 e. The Hall–Kier alpha value is -0.590. The second kappa shape index (κ2) is 6.09. The highest BCUT2D eigenvalue weighted by Gasteiger charge is 2.13. The molecule has 0 spiro atoms. The molecule has 4 nitrogen and oxygen atoms in total. The fraction of sp³-hybridized carbons (Fsp3) is 0.556. The Balaban J connectivity index is 2.48. The van der Waals surface area contributed by atoms with Crippen molar-refractivity contribution in [1.82, 2.24) is 4.98 Å². The van der Waals surface area contributed by atoms with E-state index in [2.05, 4.69) is 4.98 Å². The van der Waals surface area contributed by atoms with Gasteiger partial charge in [0.15, 0.2) is 4.34 Å². The number of thioether (sulfide) groups is 1. The van der Waals surface area contributed by atoms with E-state index in [-0.39, 0.29) is 0 Å². The predicted octanol–water partition coefficient (Wildman–Crippen LogP) is 2.28. The van der Waals surface area contributed by atoms with Crippen LogP contribution in [0.15, 0.2) is 4.34 Å². The molecule has 0 atom stereocenters. The van der Waals surface area contributed by atoms with Gasteiger partial charge in [0, 0.05) is 19.5 Å². The fourth-order valence-corrected chi connectivity index (χ4v) is 3.01. The maximum atomic E-state index is 10.8. The number of carboxylic acids is 1. The number of hydrogen-bond acceptors (Lipinski definition) is 5. The van der Waals surface area contributed by atoms with Gasteiger partial charge in [0.2, 0.25) is 0 Å². The normalized spacial score (nSPS) is 10.5. The molecule has 0 aromatic carbocycles. The smallest absolute Gasteiger partial charge is 0.347 e. The molecule has 0 saturated carbocycles.